The molecule has 3 aromatic rings. The molecule has 33 heavy (non-hydrogen) atoms. The van der Waals surface area contributed by atoms with Gasteiger partial charge in [0.25, 0.3) is 0 Å². The van der Waals surface area contributed by atoms with Crippen LogP contribution in [0, 0.1) is 12.7 Å². The molecule has 6 heteroatoms. The van der Waals surface area contributed by atoms with Crippen LogP contribution in [-0.2, 0) is 22.5 Å². The zero-order valence-corrected chi connectivity index (χ0v) is 19.0. The van der Waals surface area contributed by atoms with E-state index in [-0.39, 0.29) is 35.5 Å². The molecule has 0 aromatic heterocycles. The van der Waals surface area contributed by atoms with Crippen LogP contribution in [0.4, 0.5) is 4.39 Å². The first-order valence-corrected chi connectivity index (χ1v) is 10.5. The Morgan fingerprint density at radius 2 is 1.64 bits per heavy atom. The van der Waals surface area contributed by atoms with Gasteiger partial charge in [0.1, 0.15) is 29.5 Å². The first kappa shape index (κ1) is 24.2. The molecule has 0 aliphatic heterocycles. The minimum Gasteiger partial charge on any atom is -0.488 e. The highest BCUT2D eigenvalue weighted by Crippen LogP contribution is 2.39. The summed E-state index contributed by atoms with van der Waals surface area (Å²) in [6.07, 6.45) is 0.848. The standard InChI is InChI=1S/C27H27FO5/c1-5-12-21-23(27(30-3)31-4)24(28)18(2)22(26(29)33-20-15-10-7-11-16-20)25(21)32-17-19-13-8-6-9-14-19/h5-11,13-16,27H,1,12,17H2,2-4H3. The summed E-state index contributed by atoms with van der Waals surface area (Å²) in [6, 6.07) is 18.1. The maximum Gasteiger partial charge on any atom is 0.347 e. The number of methoxy groups -OCH3 is 2. The number of carbonyl (C=O) groups excluding carboxylic acids is 1. The number of ether oxygens (including phenoxy) is 4. The molecule has 0 atom stereocenters. The SMILES string of the molecule is C=CCc1c(OCc2ccccc2)c(C(=O)Oc2ccccc2)c(C)c(F)c1C(OC)OC. The Labute approximate surface area is 193 Å². The van der Waals surface area contributed by atoms with Crippen LogP contribution < -0.4 is 9.47 Å². The highest BCUT2D eigenvalue weighted by atomic mass is 19.1. The lowest BCUT2D eigenvalue weighted by Gasteiger charge is -2.24. The van der Waals surface area contributed by atoms with Crippen molar-refractivity contribution >= 4 is 5.97 Å². The second-order valence-corrected chi connectivity index (χ2v) is 7.31. The van der Waals surface area contributed by atoms with Crippen LogP contribution in [0.2, 0.25) is 0 Å². The molecule has 0 bridgehead atoms. The Balaban J connectivity index is 2.18. The number of allylic oxidation sites excluding steroid dienone is 1. The van der Waals surface area contributed by atoms with Crippen molar-refractivity contribution in [3.63, 3.8) is 0 Å². The van der Waals surface area contributed by atoms with Gasteiger partial charge in [-0.15, -0.1) is 6.58 Å². The number of carbonyl (C=O) groups is 1. The van der Waals surface area contributed by atoms with Crippen LogP contribution >= 0.6 is 0 Å². The minimum absolute atomic E-state index is 0.0128. The number of esters is 1. The molecule has 0 N–H and O–H groups in total. The van der Waals surface area contributed by atoms with Crippen molar-refractivity contribution in [1.82, 2.24) is 0 Å². The predicted octanol–water partition coefficient (Wildman–Crippen LogP) is 5.95. The van der Waals surface area contributed by atoms with Crippen molar-refractivity contribution in [3.8, 4) is 11.5 Å². The lowest BCUT2D eigenvalue weighted by molar-refractivity contribution is -0.108. The molecular weight excluding hydrogens is 423 g/mol. The molecule has 0 saturated heterocycles. The van der Waals surface area contributed by atoms with Crippen molar-refractivity contribution in [2.45, 2.75) is 26.2 Å². The molecule has 5 nitrogen and oxygen atoms in total. The minimum atomic E-state index is -0.989. The van der Waals surface area contributed by atoms with Crippen molar-refractivity contribution < 1.29 is 28.1 Å². The lowest BCUT2D eigenvalue weighted by atomic mass is 9.93. The number of hydrogen-bond acceptors (Lipinski definition) is 5. The van der Waals surface area contributed by atoms with Gasteiger partial charge in [-0.25, -0.2) is 9.18 Å². The second-order valence-electron chi connectivity index (χ2n) is 7.31. The van der Waals surface area contributed by atoms with E-state index >= 15 is 4.39 Å². The summed E-state index contributed by atoms with van der Waals surface area (Å²) in [4.78, 5) is 13.2. The molecule has 0 spiro atoms. The number of halogens is 1. The van der Waals surface area contributed by atoms with Gasteiger partial charge in [-0.3, -0.25) is 0 Å². The van der Waals surface area contributed by atoms with E-state index in [1.807, 2.05) is 36.4 Å². The van der Waals surface area contributed by atoms with Gasteiger partial charge in [0.05, 0.1) is 5.56 Å². The van der Waals surface area contributed by atoms with Crippen molar-refractivity contribution in [3.05, 3.63) is 107 Å². The maximum atomic E-state index is 15.7. The van der Waals surface area contributed by atoms with Gasteiger partial charge in [-0.2, -0.15) is 0 Å². The Bertz CT molecular complexity index is 1090. The monoisotopic (exact) mass is 450 g/mol. The third kappa shape index (κ3) is 5.48. The van der Waals surface area contributed by atoms with Gasteiger partial charge in [0, 0.05) is 25.3 Å². The van der Waals surface area contributed by atoms with E-state index in [1.165, 1.54) is 21.1 Å². The Morgan fingerprint density at radius 1 is 1.03 bits per heavy atom. The lowest BCUT2D eigenvalue weighted by Crippen LogP contribution is -2.19. The van der Waals surface area contributed by atoms with Crippen LogP contribution in [0.1, 0.15) is 38.9 Å². The fourth-order valence-corrected chi connectivity index (χ4v) is 3.59. The average Bonchev–Trinajstić information content (AvgIpc) is 2.84. The van der Waals surface area contributed by atoms with Gasteiger partial charge in [0.2, 0.25) is 0 Å². The fraction of sp³-hybridized carbons (Fsp3) is 0.222. The molecule has 3 rings (SSSR count). The Kier molecular flexibility index (Phi) is 8.35. The van der Waals surface area contributed by atoms with Crippen molar-refractivity contribution in [1.29, 1.82) is 0 Å². The molecule has 0 unspecified atom stereocenters. The van der Waals surface area contributed by atoms with Crippen LogP contribution in [0.25, 0.3) is 0 Å². The number of rotatable bonds is 10. The van der Waals surface area contributed by atoms with Crippen molar-refractivity contribution in [2.24, 2.45) is 0 Å². The molecule has 0 fully saturated rings. The third-order valence-electron chi connectivity index (χ3n) is 5.16. The molecule has 0 amide bonds. The highest BCUT2D eigenvalue weighted by Gasteiger charge is 2.31. The summed E-state index contributed by atoms with van der Waals surface area (Å²) < 4.78 is 38.1. The van der Waals surface area contributed by atoms with Gasteiger partial charge in [-0.05, 0) is 31.0 Å². The van der Waals surface area contributed by atoms with E-state index < -0.39 is 18.1 Å². The Hall–Kier alpha value is -3.48. The van der Waals surface area contributed by atoms with E-state index in [9.17, 15) is 4.79 Å². The van der Waals surface area contributed by atoms with Gasteiger partial charge in [-0.1, -0.05) is 54.6 Å². The average molecular weight is 451 g/mol. The largest absolute Gasteiger partial charge is 0.488 e. The summed E-state index contributed by atoms with van der Waals surface area (Å²) in [6.45, 7) is 5.47. The molecule has 0 saturated carbocycles. The van der Waals surface area contributed by atoms with Gasteiger partial charge >= 0.3 is 5.97 Å². The predicted molar refractivity (Wildman–Crippen MR) is 124 cm³/mol. The first-order valence-electron chi connectivity index (χ1n) is 10.5. The van der Waals surface area contributed by atoms with Crippen LogP contribution in [0.15, 0.2) is 73.3 Å². The molecule has 3 aromatic carbocycles. The fourth-order valence-electron chi connectivity index (χ4n) is 3.59. The van der Waals surface area contributed by atoms with Crippen molar-refractivity contribution in [2.75, 3.05) is 14.2 Å². The summed E-state index contributed by atoms with van der Waals surface area (Å²) >= 11 is 0. The second kappa shape index (κ2) is 11.4. The smallest absolute Gasteiger partial charge is 0.347 e. The van der Waals surface area contributed by atoms with E-state index in [4.69, 9.17) is 18.9 Å². The van der Waals surface area contributed by atoms with Crippen LogP contribution in [0.3, 0.4) is 0 Å². The third-order valence-corrected chi connectivity index (χ3v) is 5.16. The quantitative estimate of drug-likeness (QED) is 0.165. The van der Waals surface area contributed by atoms with E-state index in [1.54, 1.807) is 30.3 Å². The molecule has 0 aliphatic rings. The zero-order valence-electron chi connectivity index (χ0n) is 19.0. The first-order chi connectivity index (χ1) is 16.0. The Morgan fingerprint density at radius 3 is 2.21 bits per heavy atom. The number of benzene rings is 3. The van der Waals surface area contributed by atoms with E-state index in [0.29, 0.717) is 11.3 Å². The van der Waals surface area contributed by atoms with E-state index in [2.05, 4.69) is 6.58 Å². The number of para-hydroxylation sites is 1. The molecule has 0 aliphatic carbocycles. The summed E-state index contributed by atoms with van der Waals surface area (Å²) in [5, 5.41) is 0. The zero-order chi connectivity index (χ0) is 23.8. The topological polar surface area (TPSA) is 54.0 Å². The summed E-state index contributed by atoms with van der Waals surface area (Å²) in [5.74, 6) is -0.776. The molecular formula is C27H27FO5. The summed E-state index contributed by atoms with van der Waals surface area (Å²) in [5.41, 5.74) is 1.57. The van der Waals surface area contributed by atoms with Crippen LogP contribution in [-0.4, -0.2) is 20.2 Å². The summed E-state index contributed by atoms with van der Waals surface area (Å²) in [7, 11) is 2.84. The van der Waals surface area contributed by atoms with Crippen LogP contribution in [0.5, 0.6) is 11.5 Å². The van der Waals surface area contributed by atoms with E-state index in [0.717, 1.165) is 5.56 Å². The van der Waals surface area contributed by atoms with Gasteiger partial charge in [0.15, 0.2) is 6.29 Å². The normalized spacial score (nSPS) is 10.8. The highest BCUT2D eigenvalue weighted by molar-refractivity contribution is 5.96. The molecule has 0 heterocycles. The maximum absolute atomic E-state index is 15.7. The molecule has 0 radical (unpaired) electrons. The molecule has 172 valence electrons. The van der Waals surface area contributed by atoms with Gasteiger partial charge < -0.3 is 18.9 Å². The number of hydrogen-bond donors (Lipinski definition) is 0.